The lowest BCUT2D eigenvalue weighted by Crippen LogP contribution is -2.14. The molecule has 28 heavy (non-hydrogen) atoms. The highest BCUT2D eigenvalue weighted by atomic mass is 16.6. The highest BCUT2D eigenvalue weighted by molar-refractivity contribution is 6.29. The molecule has 3 aromatic carbocycles. The first-order valence-electron chi connectivity index (χ1n) is 8.54. The second-order valence-electron chi connectivity index (χ2n) is 5.93. The van der Waals surface area contributed by atoms with Crippen molar-refractivity contribution in [2.45, 2.75) is 0 Å². The number of rotatable bonds is 6. The van der Waals surface area contributed by atoms with Crippen LogP contribution < -0.4 is 10.1 Å². The van der Waals surface area contributed by atoms with Gasteiger partial charge in [0.25, 0.3) is 11.6 Å². The molecule has 0 radical (unpaired) electrons. The third-order valence-corrected chi connectivity index (χ3v) is 4.08. The largest absolute Gasteiger partial charge is 0.494 e. The van der Waals surface area contributed by atoms with E-state index in [4.69, 9.17) is 4.74 Å². The number of hydrogen-bond acceptors (Lipinski definition) is 4. The monoisotopic (exact) mass is 374 g/mol. The van der Waals surface area contributed by atoms with Crippen LogP contribution in [0.1, 0.15) is 11.1 Å². The molecular formula is C22H18N2O4. The van der Waals surface area contributed by atoms with Gasteiger partial charge in [0.2, 0.25) is 0 Å². The molecular weight excluding hydrogens is 356 g/mol. The van der Waals surface area contributed by atoms with E-state index in [9.17, 15) is 14.9 Å². The number of methoxy groups -OCH3 is 1. The molecule has 0 spiro atoms. The van der Waals surface area contributed by atoms with Gasteiger partial charge in [-0.3, -0.25) is 14.9 Å². The zero-order chi connectivity index (χ0) is 19.9. The van der Waals surface area contributed by atoms with Gasteiger partial charge >= 0.3 is 0 Å². The third kappa shape index (κ3) is 4.42. The number of carbonyl (C=O) groups excluding carboxylic acids is 1. The van der Waals surface area contributed by atoms with Gasteiger partial charge in [-0.05, 0) is 23.3 Å². The Morgan fingerprint density at radius 2 is 1.64 bits per heavy atom. The lowest BCUT2D eigenvalue weighted by Gasteiger charge is -2.12. The molecule has 0 atom stereocenters. The number of nitrogens with zero attached hydrogens (tertiary/aromatic N) is 1. The quantitative estimate of drug-likeness (QED) is 0.291. The minimum Gasteiger partial charge on any atom is -0.494 e. The molecule has 0 unspecified atom stereocenters. The Balaban J connectivity index is 1.97. The van der Waals surface area contributed by atoms with Crippen LogP contribution in [0.5, 0.6) is 5.75 Å². The van der Waals surface area contributed by atoms with Crippen LogP contribution in [-0.4, -0.2) is 17.9 Å². The summed E-state index contributed by atoms with van der Waals surface area (Å²) >= 11 is 0. The molecule has 1 amide bonds. The van der Waals surface area contributed by atoms with Gasteiger partial charge in [-0.2, -0.15) is 0 Å². The zero-order valence-corrected chi connectivity index (χ0v) is 15.2. The fraction of sp³-hybridized carbons (Fsp3) is 0.0455. The van der Waals surface area contributed by atoms with Crippen LogP contribution in [0.3, 0.4) is 0 Å². The topological polar surface area (TPSA) is 81.5 Å². The second-order valence-corrected chi connectivity index (χ2v) is 5.93. The molecule has 3 aromatic rings. The summed E-state index contributed by atoms with van der Waals surface area (Å²) in [7, 11) is 1.40. The van der Waals surface area contributed by atoms with Gasteiger partial charge in [-0.15, -0.1) is 0 Å². The summed E-state index contributed by atoms with van der Waals surface area (Å²) in [5.41, 5.74) is 2.34. The van der Waals surface area contributed by atoms with Gasteiger partial charge in [0.1, 0.15) is 5.75 Å². The summed E-state index contributed by atoms with van der Waals surface area (Å²) in [5.74, 6) is -0.128. The first-order valence-corrected chi connectivity index (χ1v) is 8.54. The van der Waals surface area contributed by atoms with E-state index in [1.54, 1.807) is 6.08 Å². The number of amides is 1. The van der Waals surface area contributed by atoms with Crippen molar-refractivity contribution in [3.8, 4) is 5.75 Å². The number of ether oxygens (including phenoxy) is 1. The number of nitro groups is 1. The van der Waals surface area contributed by atoms with Crippen LogP contribution in [0.25, 0.3) is 11.6 Å². The van der Waals surface area contributed by atoms with E-state index in [0.29, 0.717) is 11.3 Å². The van der Waals surface area contributed by atoms with Crippen molar-refractivity contribution in [2.75, 3.05) is 12.4 Å². The fourth-order valence-corrected chi connectivity index (χ4v) is 2.70. The van der Waals surface area contributed by atoms with Crippen LogP contribution in [0.4, 0.5) is 11.4 Å². The SMILES string of the molecule is COc1cc([N+](=O)[O-])ccc1NC(=O)C(=Cc1ccccc1)c1ccccc1. The van der Waals surface area contributed by atoms with Crippen molar-refractivity contribution in [2.24, 2.45) is 0 Å². The molecule has 6 heteroatoms. The Hall–Kier alpha value is -3.93. The summed E-state index contributed by atoms with van der Waals surface area (Å²) < 4.78 is 5.20. The highest BCUT2D eigenvalue weighted by Crippen LogP contribution is 2.30. The molecule has 140 valence electrons. The molecule has 0 aromatic heterocycles. The molecule has 6 nitrogen and oxygen atoms in total. The lowest BCUT2D eigenvalue weighted by molar-refractivity contribution is -0.384. The normalized spacial score (nSPS) is 11.0. The smallest absolute Gasteiger partial charge is 0.273 e. The number of benzene rings is 3. The molecule has 3 rings (SSSR count). The number of anilines is 1. The first kappa shape index (κ1) is 18.8. The van der Waals surface area contributed by atoms with Crippen molar-refractivity contribution in [1.82, 2.24) is 0 Å². The average molecular weight is 374 g/mol. The van der Waals surface area contributed by atoms with Crippen LogP contribution in [0, 0.1) is 10.1 Å². The Bertz CT molecular complexity index is 1020. The number of non-ortho nitro benzene ring substituents is 1. The molecule has 0 aliphatic carbocycles. The maximum atomic E-state index is 13.0. The van der Waals surface area contributed by atoms with E-state index in [2.05, 4.69) is 5.32 Å². The van der Waals surface area contributed by atoms with E-state index in [1.807, 2.05) is 60.7 Å². The number of carbonyl (C=O) groups is 1. The number of nitro benzene ring substituents is 1. The molecule has 1 N–H and O–H groups in total. The Morgan fingerprint density at radius 1 is 1.00 bits per heavy atom. The van der Waals surface area contributed by atoms with Crippen molar-refractivity contribution in [1.29, 1.82) is 0 Å². The third-order valence-electron chi connectivity index (χ3n) is 4.08. The van der Waals surface area contributed by atoms with Gasteiger partial charge in [0.05, 0.1) is 23.8 Å². The van der Waals surface area contributed by atoms with E-state index >= 15 is 0 Å². The van der Waals surface area contributed by atoms with Gasteiger partial charge in [-0.1, -0.05) is 60.7 Å². The zero-order valence-electron chi connectivity index (χ0n) is 15.2. The summed E-state index contributed by atoms with van der Waals surface area (Å²) in [6.07, 6.45) is 1.79. The van der Waals surface area contributed by atoms with Gasteiger partial charge in [0.15, 0.2) is 0 Å². The van der Waals surface area contributed by atoms with E-state index in [1.165, 1.54) is 25.3 Å². The summed E-state index contributed by atoms with van der Waals surface area (Å²) in [6.45, 7) is 0. The maximum Gasteiger partial charge on any atom is 0.273 e. The first-order chi connectivity index (χ1) is 13.6. The average Bonchev–Trinajstić information content (AvgIpc) is 2.73. The fourth-order valence-electron chi connectivity index (χ4n) is 2.70. The van der Waals surface area contributed by atoms with Gasteiger partial charge < -0.3 is 10.1 Å². The Kier molecular flexibility index (Phi) is 5.81. The summed E-state index contributed by atoms with van der Waals surface area (Å²) in [5, 5.41) is 13.7. The van der Waals surface area contributed by atoms with Crippen molar-refractivity contribution < 1.29 is 14.5 Å². The summed E-state index contributed by atoms with van der Waals surface area (Å²) in [6, 6.07) is 22.8. The standard InChI is InChI=1S/C22H18N2O4/c1-28-21-15-18(24(26)27)12-13-20(21)23-22(25)19(17-10-6-3-7-11-17)14-16-8-4-2-5-9-16/h2-15H,1H3,(H,23,25). The molecule has 0 aliphatic rings. The maximum absolute atomic E-state index is 13.0. The minimum atomic E-state index is -0.515. The van der Waals surface area contributed by atoms with E-state index < -0.39 is 4.92 Å². The molecule has 0 heterocycles. The molecule has 0 saturated carbocycles. The van der Waals surface area contributed by atoms with E-state index in [-0.39, 0.29) is 17.3 Å². The van der Waals surface area contributed by atoms with Gasteiger partial charge in [0, 0.05) is 11.6 Å². The van der Waals surface area contributed by atoms with E-state index in [0.717, 1.165) is 11.1 Å². The predicted octanol–water partition coefficient (Wildman–Crippen LogP) is 4.78. The summed E-state index contributed by atoms with van der Waals surface area (Å²) in [4.78, 5) is 23.5. The molecule has 0 saturated heterocycles. The van der Waals surface area contributed by atoms with Crippen molar-refractivity contribution in [3.05, 3.63) is 100 Å². The lowest BCUT2D eigenvalue weighted by atomic mass is 10.0. The van der Waals surface area contributed by atoms with Crippen molar-refractivity contribution in [3.63, 3.8) is 0 Å². The molecule has 0 fully saturated rings. The van der Waals surface area contributed by atoms with Crippen LogP contribution in [0.2, 0.25) is 0 Å². The second kappa shape index (κ2) is 8.64. The number of nitrogens with one attached hydrogen (secondary N) is 1. The Morgan fingerprint density at radius 3 is 2.25 bits per heavy atom. The van der Waals surface area contributed by atoms with Crippen LogP contribution >= 0.6 is 0 Å². The Labute approximate surface area is 162 Å². The van der Waals surface area contributed by atoms with Crippen molar-refractivity contribution >= 4 is 28.9 Å². The van der Waals surface area contributed by atoms with Crippen LogP contribution in [-0.2, 0) is 4.79 Å². The van der Waals surface area contributed by atoms with Gasteiger partial charge in [-0.25, -0.2) is 0 Å². The van der Waals surface area contributed by atoms with Crippen LogP contribution in [0.15, 0.2) is 78.9 Å². The number of hydrogen-bond donors (Lipinski definition) is 1. The minimum absolute atomic E-state index is 0.113. The highest BCUT2D eigenvalue weighted by Gasteiger charge is 2.17. The molecule has 0 bridgehead atoms. The predicted molar refractivity (Wildman–Crippen MR) is 109 cm³/mol. The molecule has 0 aliphatic heterocycles.